The van der Waals surface area contributed by atoms with Gasteiger partial charge in [-0.15, -0.1) is 0 Å². The van der Waals surface area contributed by atoms with Crippen LogP contribution in [0.15, 0.2) is 97.1 Å². The molecular formula is C25H17N2OP. The first-order chi connectivity index (χ1) is 14.3. The fraction of sp³-hybridized carbons (Fsp3) is 0. The summed E-state index contributed by atoms with van der Waals surface area (Å²) in [4.78, 5) is 4.91. The van der Waals surface area contributed by atoms with E-state index in [1.807, 2.05) is 66.7 Å². The van der Waals surface area contributed by atoms with Crippen LogP contribution in [0.3, 0.4) is 0 Å². The van der Waals surface area contributed by atoms with E-state index >= 15 is 0 Å². The van der Waals surface area contributed by atoms with Crippen LogP contribution in [0.4, 0.5) is 0 Å². The second-order valence-electron chi connectivity index (χ2n) is 7.23. The Morgan fingerprint density at radius 1 is 0.621 bits per heavy atom. The predicted molar refractivity (Wildman–Crippen MR) is 122 cm³/mol. The lowest BCUT2D eigenvalue weighted by Crippen LogP contribution is -2.06. The summed E-state index contributed by atoms with van der Waals surface area (Å²) in [6.45, 7) is 0. The maximum Gasteiger partial charge on any atom is 0.146 e. The van der Waals surface area contributed by atoms with Crippen molar-refractivity contribution in [2.45, 2.75) is 0 Å². The van der Waals surface area contributed by atoms with E-state index in [0.717, 1.165) is 49.0 Å². The zero-order valence-corrected chi connectivity index (χ0v) is 16.5. The fourth-order valence-electron chi connectivity index (χ4n) is 4.21. The molecule has 0 aliphatic rings. The van der Waals surface area contributed by atoms with Crippen LogP contribution in [-0.4, -0.2) is 9.38 Å². The lowest BCUT2D eigenvalue weighted by atomic mass is 10.1. The zero-order valence-electron chi connectivity index (χ0n) is 15.5. The number of benzene rings is 4. The third-order valence-electron chi connectivity index (χ3n) is 5.55. The van der Waals surface area contributed by atoms with Crippen LogP contribution >= 0.6 is 7.80 Å². The van der Waals surface area contributed by atoms with Crippen LogP contribution in [-0.2, 0) is 4.57 Å². The number of pyridine rings is 1. The van der Waals surface area contributed by atoms with Crippen molar-refractivity contribution in [1.29, 1.82) is 0 Å². The van der Waals surface area contributed by atoms with E-state index in [1.165, 1.54) is 0 Å². The molecule has 0 bridgehead atoms. The third-order valence-corrected chi connectivity index (χ3v) is 7.25. The first kappa shape index (κ1) is 16.5. The molecule has 0 saturated carbocycles. The van der Waals surface area contributed by atoms with Gasteiger partial charge in [-0.2, -0.15) is 0 Å². The van der Waals surface area contributed by atoms with Crippen molar-refractivity contribution in [3.05, 3.63) is 97.1 Å². The zero-order chi connectivity index (χ0) is 19.4. The van der Waals surface area contributed by atoms with Gasteiger partial charge < -0.3 is 4.57 Å². The average Bonchev–Trinajstić information content (AvgIpc) is 3.19. The van der Waals surface area contributed by atoms with Crippen molar-refractivity contribution in [2.24, 2.45) is 0 Å². The summed E-state index contributed by atoms with van der Waals surface area (Å²) >= 11 is 0. The Hall–Kier alpha value is -3.42. The standard InChI is InChI=1S/C25H17N2OP/c28-29(17-8-2-1-3-9-17)18-14-15-23-21(16-18)19-10-4-5-11-20(19)25-26-22-12-6-7-13-24(22)27(23)25/h1-16,29H. The predicted octanol–water partition coefficient (Wildman–Crippen LogP) is 5.30. The van der Waals surface area contributed by atoms with Gasteiger partial charge in [0.1, 0.15) is 13.4 Å². The quantitative estimate of drug-likeness (QED) is 0.296. The second-order valence-corrected chi connectivity index (χ2v) is 9.05. The van der Waals surface area contributed by atoms with Gasteiger partial charge in [0.2, 0.25) is 0 Å². The second kappa shape index (κ2) is 6.30. The first-order valence-electron chi connectivity index (χ1n) is 9.63. The highest BCUT2D eigenvalue weighted by Gasteiger charge is 2.15. The average molecular weight is 392 g/mol. The number of imidazole rings is 1. The molecule has 0 fully saturated rings. The van der Waals surface area contributed by atoms with Crippen molar-refractivity contribution < 1.29 is 4.57 Å². The third kappa shape index (κ3) is 2.45. The maximum absolute atomic E-state index is 13.2. The molecule has 6 aromatic rings. The summed E-state index contributed by atoms with van der Waals surface area (Å²) in [6, 6.07) is 32.4. The van der Waals surface area contributed by atoms with Gasteiger partial charge in [0.05, 0.1) is 16.6 Å². The van der Waals surface area contributed by atoms with Gasteiger partial charge in [-0.25, -0.2) is 4.98 Å². The molecule has 4 heteroatoms. The Morgan fingerprint density at radius 3 is 2.21 bits per heavy atom. The number of fused-ring (bicyclic) bond motifs is 8. The molecule has 3 nitrogen and oxygen atoms in total. The topological polar surface area (TPSA) is 34.4 Å². The van der Waals surface area contributed by atoms with E-state index in [2.05, 4.69) is 34.7 Å². The molecule has 0 radical (unpaired) electrons. The summed E-state index contributed by atoms with van der Waals surface area (Å²) in [5, 5.41) is 5.10. The molecule has 0 saturated heterocycles. The summed E-state index contributed by atoms with van der Waals surface area (Å²) < 4.78 is 15.4. The number of rotatable bonds is 2. The van der Waals surface area contributed by atoms with Gasteiger partial charge in [-0.3, -0.25) is 4.40 Å². The Kier molecular flexibility index (Phi) is 3.59. The van der Waals surface area contributed by atoms with Crippen molar-refractivity contribution >= 4 is 56.8 Å². The first-order valence-corrected chi connectivity index (χ1v) is 11.0. The lowest BCUT2D eigenvalue weighted by Gasteiger charge is -2.11. The SMILES string of the molecule is O=[PH](c1ccccc1)c1ccc2c(c1)c1ccccc1c1nc3ccccc3n21. The van der Waals surface area contributed by atoms with Crippen molar-refractivity contribution in [2.75, 3.05) is 0 Å². The number of para-hydroxylation sites is 2. The van der Waals surface area contributed by atoms with Gasteiger partial charge in [0.15, 0.2) is 0 Å². The molecule has 6 rings (SSSR count). The monoisotopic (exact) mass is 392 g/mol. The smallest absolute Gasteiger partial charge is 0.146 e. The van der Waals surface area contributed by atoms with E-state index in [4.69, 9.17) is 4.98 Å². The van der Waals surface area contributed by atoms with Crippen LogP contribution in [0.2, 0.25) is 0 Å². The Morgan fingerprint density at radius 2 is 1.34 bits per heavy atom. The molecule has 0 aliphatic heterocycles. The highest BCUT2D eigenvalue weighted by molar-refractivity contribution is 7.61. The minimum atomic E-state index is -2.06. The number of aromatic nitrogens is 2. The summed E-state index contributed by atoms with van der Waals surface area (Å²) in [5.41, 5.74) is 4.10. The van der Waals surface area contributed by atoms with Crippen molar-refractivity contribution in [3.63, 3.8) is 0 Å². The molecule has 138 valence electrons. The number of hydrogen-bond acceptors (Lipinski definition) is 2. The fourth-order valence-corrected chi connectivity index (χ4v) is 5.55. The van der Waals surface area contributed by atoms with Gasteiger partial charge >= 0.3 is 0 Å². The van der Waals surface area contributed by atoms with Crippen LogP contribution in [0.5, 0.6) is 0 Å². The lowest BCUT2D eigenvalue weighted by molar-refractivity contribution is 0.598. The van der Waals surface area contributed by atoms with Gasteiger partial charge in [-0.1, -0.05) is 66.7 Å². The van der Waals surface area contributed by atoms with Crippen LogP contribution in [0.25, 0.3) is 38.4 Å². The normalized spacial score (nSPS) is 12.8. The van der Waals surface area contributed by atoms with Gasteiger partial charge in [0, 0.05) is 21.4 Å². The van der Waals surface area contributed by atoms with Crippen LogP contribution in [0.1, 0.15) is 0 Å². The number of nitrogens with zero attached hydrogens (tertiary/aromatic N) is 2. The molecule has 0 amide bonds. The molecule has 0 aliphatic carbocycles. The van der Waals surface area contributed by atoms with Crippen LogP contribution in [0, 0.1) is 0 Å². The summed E-state index contributed by atoms with van der Waals surface area (Å²) in [6.07, 6.45) is 0. The van der Waals surface area contributed by atoms with Crippen LogP contribution < -0.4 is 10.6 Å². The molecule has 2 heterocycles. The maximum atomic E-state index is 13.2. The highest BCUT2D eigenvalue weighted by Crippen LogP contribution is 2.33. The molecule has 2 aromatic heterocycles. The van der Waals surface area contributed by atoms with E-state index in [-0.39, 0.29) is 0 Å². The molecule has 1 atom stereocenters. The molecular weight excluding hydrogens is 375 g/mol. The molecule has 0 spiro atoms. The number of hydrogen-bond donors (Lipinski definition) is 0. The molecule has 1 unspecified atom stereocenters. The Labute approximate surface area is 168 Å². The van der Waals surface area contributed by atoms with Crippen molar-refractivity contribution in [1.82, 2.24) is 9.38 Å². The van der Waals surface area contributed by atoms with Gasteiger partial charge in [-0.05, 0) is 35.7 Å². The molecule has 0 N–H and O–H groups in total. The summed E-state index contributed by atoms with van der Waals surface area (Å²) in [7, 11) is -2.06. The minimum Gasteiger partial charge on any atom is -0.317 e. The van der Waals surface area contributed by atoms with E-state index in [0.29, 0.717) is 0 Å². The van der Waals surface area contributed by atoms with E-state index in [1.54, 1.807) is 0 Å². The van der Waals surface area contributed by atoms with Gasteiger partial charge in [0.25, 0.3) is 0 Å². The summed E-state index contributed by atoms with van der Waals surface area (Å²) in [5.74, 6) is 0. The Balaban J connectivity index is 1.74. The highest BCUT2D eigenvalue weighted by atomic mass is 31.1. The molecule has 4 aromatic carbocycles. The van der Waals surface area contributed by atoms with Crippen molar-refractivity contribution in [3.8, 4) is 0 Å². The van der Waals surface area contributed by atoms with E-state index < -0.39 is 7.80 Å². The molecule has 29 heavy (non-hydrogen) atoms. The van der Waals surface area contributed by atoms with E-state index in [9.17, 15) is 4.57 Å². The minimum absolute atomic E-state index is 0.877. The Bertz CT molecular complexity index is 1570. The largest absolute Gasteiger partial charge is 0.317 e.